The van der Waals surface area contributed by atoms with E-state index in [1.54, 1.807) is 19.1 Å². The summed E-state index contributed by atoms with van der Waals surface area (Å²) in [6.07, 6.45) is 2.30. The van der Waals surface area contributed by atoms with E-state index in [0.29, 0.717) is 6.42 Å². The molecule has 4 aromatic rings. The Bertz CT molecular complexity index is 1090. The minimum atomic E-state index is 0.0394. The molecule has 0 saturated carbocycles. The van der Waals surface area contributed by atoms with Crippen molar-refractivity contribution in [1.29, 1.82) is 0 Å². The molecule has 2 heterocycles. The molecule has 0 bridgehead atoms. The van der Waals surface area contributed by atoms with E-state index < -0.39 is 0 Å². The average molecular weight is 377 g/mol. The Morgan fingerprint density at radius 2 is 2.00 bits per heavy atom. The zero-order valence-corrected chi connectivity index (χ0v) is 15.9. The van der Waals surface area contributed by atoms with Crippen LogP contribution in [0.5, 0.6) is 5.75 Å². The van der Waals surface area contributed by atoms with Crippen molar-refractivity contribution in [2.24, 2.45) is 0 Å². The highest BCUT2D eigenvalue weighted by Crippen LogP contribution is 2.26. The minimum Gasteiger partial charge on any atom is -0.497 e. The molecule has 4 rings (SSSR count). The first kappa shape index (κ1) is 17.3. The predicted octanol–water partition coefficient (Wildman–Crippen LogP) is 4.28. The van der Waals surface area contributed by atoms with Crippen LogP contribution >= 0.6 is 11.3 Å². The van der Waals surface area contributed by atoms with Crippen LogP contribution in [-0.2, 0) is 11.2 Å². The number of carbonyl (C=O) groups is 1. The van der Waals surface area contributed by atoms with Crippen molar-refractivity contribution in [2.45, 2.75) is 6.42 Å². The number of amides is 1. The maximum atomic E-state index is 12.7. The quantitative estimate of drug-likeness (QED) is 0.522. The van der Waals surface area contributed by atoms with E-state index in [-0.39, 0.29) is 5.91 Å². The molecule has 0 spiro atoms. The van der Waals surface area contributed by atoms with Crippen LogP contribution in [0.1, 0.15) is 5.69 Å². The summed E-state index contributed by atoms with van der Waals surface area (Å²) in [5.74, 6) is 0.835. The molecule has 2 aromatic carbocycles. The number of thiazole rings is 1. The number of fused-ring (bicyclic) bond motifs is 1. The number of methoxy groups -OCH3 is 1. The number of benzene rings is 2. The number of anilines is 1. The topological polar surface area (TPSA) is 46.8 Å². The summed E-state index contributed by atoms with van der Waals surface area (Å²) in [5.41, 5.74) is 3.68. The SMILES string of the molecule is COc1cccc(-c2cn3c(CC(=O)N(C)c4ccccc4)csc3n2)c1. The van der Waals surface area contributed by atoms with Crippen LogP contribution in [0, 0.1) is 0 Å². The summed E-state index contributed by atoms with van der Waals surface area (Å²) >= 11 is 1.54. The first-order chi connectivity index (χ1) is 13.2. The van der Waals surface area contributed by atoms with Crippen molar-refractivity contribution in [1.82, 2.24) is 9.38 Å². The second kappa shape index (κ2) is 7.25. The van der Waals surface area contributed by atoms with Gasteiger partial charge in [-0.15, -0.1) is 11.3 Å². The molecule has 0 aliphatic heterocycles. The van der Waals surface area contributed by atoms with Crippen LogP contribution in [0.3, 0.4) is 0 Å². The molecule has 2 aromatic heterocycles. The molecular weight excluding hydrogens is 358 g/mol. The van der Waals surface area contributed by atoms with Crippen molar-refractivity contribution < 1.29 is 9.53 Å². The normalized spacial score (nSPS) is 10.9. The van der Waals surface area contributed by atoms with Crippen LogP contribution in [0.2, 0.25) is 0 Å². The lowest BCUT2D eigenvalue weighted by Gasteiger charge is -2.16. The molecule has 0 saturated heterocycles. The van der Waals surface area contributed by atoms with Crippen molar-refractivity contribution in [3.63, 3.8) is 0 Å². The average Bonchev–Trinajstić information content (AvgIpc) is 3.30. The number of ether oxygens (including phenoxy) is 1. The Morgan fingerprint density at radius 3 is 2.78 bits per heavy atom. The fourth-order valence-corrected chi connectivity index (χ4v) is 3.82. The van der Waals surface area contributed by atoms with Gasteiger partial charge in [0, 0.05) is 35.6 Å². The molecule has 5 nitrogen and oxygen atoms in total. The Hall–Kier alpha value is -3.12. The summed E-state index contributed by atoms with van der Waals surface area (Å²) in [6.45, 7) is 0. The summed E-state index contributed by atoms with van der Waals surface area (Å²) in [4.78, 5) is 19.9. The number of para-hydroxylation sites is 1. The molecule has 0 N–H and O–H groups in total. The third-order valence-electron chi connectivity index (χ3n) is 4.50. The summed E-state index contributed by atoms with van der Waals surface area (Å²) in [5, 5.41) is 1.99. The van der Waals surface area contributed by atoms with E-state index in [1.807, 2.05) is 70.6 Å². The number of rotatable bonds is 5. The van der Waals surface area contributed by atoms with Gasteiger partial charge in [0.05, 0.1) is 19.2 Å². The third-order valence-corrected chi connectivity index (χ3v) is 5.39. The van der Waals surface area contributed by atoms with Crippen LogP contribution < -0.4 is 9.64 Å². The molecule has 6 heteroatoms. The van der Waals surface area contributed by atoms with Gasteiger partial charge in [0.15, 0.2) is 4.96 Å². The highest BCUT2D eigenvalue weighted by molar-refractivity contribution is 7.15. The number of hydrogen-bond acceptors (Lipinski definition) is 4. The van der Waals surface area contributed by atoms with Gasteiger partial charge < -0.3 is 9.64 Å². The fourth-order valence-electron chi connectivity index (χ4n) is 2.95. The standard InChI is InChI=1S/C21H19N3O2S/c1-23(16-8-4-3-5-9-16)20(25)12-17-14-27-21-22-19(13-24(17)21)15-7-6-10-18(11-15)26-2/h3-11,13-14H,12H2,1-2H3. The predicted molar refractivity (Wildman–Crippen MR) is 109 cm³/mol. The molecule has 1 amide bonds. The van der Waals surface area contributed by atoms with Gasteiger partial charge in [0.25, 0.3) is 0 Å². The fraction of sp³-hybridized carbons (Fsp3) is 0.143. The van der Waals surface area contributed by atoms with Crippen LogP contribution in [0.4, 0.5) is 5.69 Å². The molecule has 0 fully saturated rings. The second-order valence-electron chi connectivity index (χ2n) is 6.20. The van der Waals surface area contributed by atoms with E-state index in [1.165, 1.54) is 11.3 Å². The van der Waals surface area contributed by atoms with E-state index in [4.69, 9.17) is 9.72 Å². The monoisotopic (exact) mass is 377 g/mol. The number of hydrogen-bond donors (Lipinski definition) is 0. The molecule has 0 atom stereocenters. The molecule has 27 heavy (non-hydrogen) atoms. The minimum absolute atomic E-state index is 0.0394. The largest absolute Gasteiger partial charge is 0.497 e. The summed E-state index contributed by atoms with van der Waals surface area (Å²) in [6, 6.07) is 17.5. The number of carbonyl (C=O) groups excluding carboxylic acids is 1. The highest BCUT2D eigenvalue weighted by Gasteiger charge is 2.16. The van der Waals surface area contributed by atoms with Gasteiger partial charge in [0.2, 0.25) is 5.91 Å². The first-order valence-corrected chi connectivity index (χ1v) is 9.45. The van der Waals surface area contributed by atoms with Crippen molar-refractivity contribution in [3.05, 3.63) is 71.9 Å². The van der Waals surface area contributed by atoms with Gasteiger partial charge in [-0.25, -0.2) is 4.98 Å². The van der Waals surface area contributed by atoms with Crippen LogP contribution in [0.15, 0.2) is 66.2 Å². The van der Waals surface area contributed by atoms with E-state index in [0.717, 1.165) is 33.3 Å². The molecular formula is C21H19N3O2S. The zero-order valence-electron chi connectivity index (χ0n) is 15.1. The number of imidazole rings is 1. The number of aromatic nitrogens is 2. The van der Waals surface area contributed by atoms with Gasteiger partial charge in [0.1, 0.15) is 5.75 Å². The highest BCUT2D eigenvalue weighted by atomic mass is 32.1. The number of likely N-dealkylation sites (N-methyl/N-ethyl adjacent to an activating group) is 1. The van der Waals surface area contributed by atoms with Crippen molar-refractivity contribution in [2.75, 3.05) is 19.1 Å². The number of nitrogens with zero attached hydrogens (tertiary/aromatic N) is 3. The Balaban J connectivity index is 1.60. The van der Waals surface area contributed by atoms with E-state index in [2.05, 4.69) is 0 Å². The van der Waals surface area contributed by atoms with Gasteiger partial charge in [-0.3, -0.25) is 9.20 Å². The first-order valence-electron chi connectivity index (χ1n) is 8.57. The lowest BCUT2D eigenvalue weighted by molar-refractivity contribution is -0.117. The summed E-state index contributed by atoms with van der Waals surface area (Å²) < 4.78 is 7.29. The third kappa shape index (κ3) is 3.44. The second-order valence-corrected chi connectivity index (χ2v) is 7.04. The Labute approximate surface area is 161 Å². The molecule has 0 aliphatic rings. The lowest BCUT2D eigenvalue weighted by Crippen LogP contribution is -2.28. The summed E-state index contributed by atoms with van der Waals surface area (Å²) in [7, 11) is 3.45. The van der Waals surface area contributed by atoms with Gasteiger partial charge >= 0.3 is 0 Å². The zero-order chi connectivity index (χ0) is 18.8. The van der Waals surface area contributed by atoms with Gasteiger partial charge in [-0.05, 0) is 24.3 Å². The Morgan fingerprint density at radius 1 is 1.19 bits per heavy atom. The van der Waals surface area contributed by atoms with E-state index in [9.17, 15) is 4.79 Å². The van der Waals surface area contributed by atoms with E-state index >= 15 is 0 Å². The molecule has 0 radical (unpaired) electrons. The van der Waals surface area contributed by atoms with Crippen LogP contribution in [-0.4, -0.2) is 29.4 Å². The van der Waals surface area contributed by atoms with Gasteiger partial charge in [-0.1, -0.05) is 30.3 Å². The lowest BCUT2D eigenvalue weighted by atomic mass is 10.1. The Kier molecular flexibility index (Phi) is 4.64. The van der Waals surface area contributed by atoms with Crippen LogP contribution in [0.25, 0.3) is 16.2 Å². The molecule has 136 valence electrons. The van der Waals surface area contributed by atoms with Crippen molar-refractivity contribution in [3.8, 4) is 17.0 Å². The molecule has 0 aliphatic carbocycles. The van der Waals surface area contributed by atoms with Gasteiger partial charge in [-0.2, -0.15) is 0 Å². The smallest absolute Gasteiger partial charge is 0.232 e. The van der Waals surface area contributed by atoms with Crippen molar-refractivity contribution >= 4 is 27.9 Å². The maximum absolute atomic E-state index is 12.7. The maximum Gasteiger partial charge on any atom is 0.232 e. The molecule has 0 unspecified atom stereocenters.